The molecule has 1 aromatic heterocycles. The number of halogens is 3. The number of aromatic amines is 1. The average molecular weight is 397 g/mol. The van der Waals surface area contributed by atoms with Crippen molar-refractivity contribution in [2.75, 3.05) is 19.0 Å². The molecule has 0 aliphatic carbocycles. The minimum Gasteiger partial charge on any atom is -0.395 e. The summed E-state index contributed by atoms with van der Waals surface area (Å²) in [5, 5.41) is 0.175. The number of anilines is 1. The minimum atomic E-state index is -3.71. The SMILES string of the molecule is CN(C)c1cc(F)ccc1CS(=O)c1nc2cc3c(cc2[nH]1)OC(F)(F)O3. The van der Waals surface area contributed by atoms with Crippen LogP contribution in [0.4, 0.5) is 18.9 Å². The highest BCUT2D eigenvalue weighted by Gasteiger charge is 2.43. The van der Waals surface area contributed by atoms with Gasteiger partial charge in [0, 0.05) is 31.9 Å². The molecule has 0 amide bonds. The molecule has 0 bridgehead atoms. The smallest absolute Gasteiger partial charge is 0.395 e. The van der Waals surface area contributed by atoms with Gasteiger partial charge in [-0.05, 0) is 17.7 Å². The number of aromatic nitrogens is 2. The van der Waals surface area contributed by atoms with Crippen LogP contribution in [0.1, 0.15) is 5.56 Å². The molecule has 4 rings (SSSR count). The lowest BCUT2D eigenvalue weighted by molar-refractivity contribution is -0.286. The van der Waals surface area contributed by atoms with Gasteiger partial charge in [0.2, 0.25) is 0 Å². The number of hydrogen-bond donors (Lipinski definition) is 1. The fourth-order valence-electron chi connectivity index (χ4n) is 2.82. The lowest BCUT2D eigenvalue weighted by Crippen LogP contribution is -2.25. The van der Waals surface area contributed by atoms with Crippen LogP contribution in [0.2, 0.25) is 0 Å². The predicted octanol–water partition coefficient (Wildman–Crippen LogP) is 3.40. The molecule has 1 N–H and O–H groups in total. The van der Waals surface area contributed by atoms with E-state index in [1.54, 1.807) is 25.1 Å². The number of imidazole rings is 1. The Labute approximate surface area is 154 Å². The first-order valence-corrected chi connectivity index (χ1v) is 9.17. The molecule has 1 aliphatic rings. The standard InChI is InChI=1S/C17H14F3N3O3S/c1-23(2)13-5-10(18)4-3-9(13)8-27(24)16-21-11-6-14-15(7-12(11)22-16)26-17(19,20)25-14/h3-7H,8H2,1-2H3,(H,21,22). The number of fused-ring (bicyclic) bond motifs is 2. The summed E-state index contributed by atoms with van der Waals surface area (Å²) in [6.45, 7) is 0. The third kappa shape index (κ3) is 3.32. The first-order chi connectivity index (χ1) is 12.7. The first-order valence-electron chi connectivity index (χ1n) is 7.85. The van der Waals surface area contributed by atoms with Gasteiger partial charge in [-0.2, -0.15) is 0 Å². The molecular formula is C17H14F3N3O3S. The van der Waals surface area contributed by atoms with Crippen molar-refractivity contribution < 1.29 is 26.9 Å². The van der Waals surface area contributed by atoms with Crippen LogP contribution >= 0.6 is 0 Å². The second-order valence-electron chi connectivity index (χ2n) is 6.18. The summed E-state index contributed by atoms with van der Waals surface area (Å²) in [5.41, 5.74) is 2.02. The molecule has 0 saturated carbocycles. The molecule has 0 radical (unpaired) electrons. The molecular weight excluding hydrogens is 383 g/mol. The van der Waals surface area contributed by atoms with E-state index in [4.69, 9.17) is 0 Å². The Balaban J connectivity index is 1.63. The van der Waals surface area contributed by atoms with Gasteiger partial charge in [-0.3, -0.25) is 4.21 Å². The van der Waals surface area contributed by atoms with E-state index in [0.717, 1.165) is 0 Å². The summed E-state index contributed by atoms with van der Waals surface area (Å²) in [6, 6.07) is 6.86. The lowest BCUT2D eigenvalue weighted by Gasteiger charge is -2.17. The summed E-state index contributed by atoms with van der Waals surface area (Å²) in [4.78, 5) is 8.79. The molecule has 1 unspecified atom stereocenters. The van der Waals surface area contributed by atoms with E-state index in [2.05, 4.69) is 19.4 Å². The zero-order valence-electron chi connectivity index (χ0n) is 14.3. The number of nitrogens with zero attached hydrogens (tertiary/aromatic N) is 2. The third-order valence-corrected chi connectivity index (χ3v) is 5.21. The molecule has 142 valence electrons. The van der Waals surface area contributed by atoms with E-state index in [-0.39, 0.29) is 28.2 Å². The van der Waals surface area contributed by atoms with Crippen LogP contribution in [0.15, 0.2) is 35.5 Å². The Bertz CT molecular complexity index is 1020. The molecule has 27 heavy (non-hydrogen) atoms. The number of hydrogen-bond acceptors (Lipinski definition) is 5. The van der Waals surface area contributed by atoms with Gasteiger partial charge in [-0.1, -0.05) is 6.07 Å². The van der Waals surface area contributed by atoms with Crippen LogP contribution < -0.4 is 14.4 Å². The van der Waals surface area contributed by atoms with E-state index in [0.29, 0.717) is 22.3 Å². The van der Waals surface area contributed by atoms with Gasteiger partial charge in [0.1, 0.15) is 5.82 Å². The summed E-state index contributed by atoms with van der Waals surface area (Å²) < 4.78 is 61.2. The maximum absolute atomic E-state index is 13.5. The first kappa shape index (κ1) is 17.7. The van der Waals surface area contributed by atoms with E-state index in [1.807, 2.05) is 0 Å². The minimum absolute atomic E-state index is 0.110. The van der Waals surface area contributed by atoms with Gasteiger partial charge in [0.05, 0.1) is 27.6 Å². The summed E-state index contributed by atoms with van der Waals surface area (Å²) in [5.74, 6) is -0.534. The van der Waals surface area contributed by atoms with Crippen molar-refractivity contribution in [3.05, 3.63) is 41.7 Å². The third-order valence-electron chi connectivity index (χ3n) is 4.01. The van der Waals surface area contributed by atoms with Crippen LogP contribution in [0.3, 0.4) is 0 Å². The van der Waals surface area contributed by atoms with Gasteiger partial charge in [-0.15, -0.1) is 8.78 Å². The van der Waals surface area contributed by atoms with Crippen molar-refractivity contribution in [2.45, 2.75) is 17.2 Å². The zero-order valence-corrected chi connectivity index (χ0v) is 15.1. The topological polar surface area (TPSA) is 67.5 Å². The summed E-state index contributed by atoms with van der Waals surface area (Å²) >= 11 is 0. The Morgan fingerprint density at radius 1 is 1.19 bits per heavy atom. The van der Waals surface area contributed by atoms with Crippen LogP contribution in [0, 0.1) is 5.82 Å². The Morgan fingerprint density at radius 3 is 2.59 bits per heavy atom. The normalized spacial score (nSPS) is 15.9. The van der Waals surface area contributed by atoms with Crippen molar-refractivity contribution in [3.8, 4) is 11.5 Å². The number of rotatable bonds is 4. The quantitative estimate of drug-likeness (QED) is 0.731. The van der Waals surface area contributed by atoms with Gasteiger partial charge in [-0.25, -0.2) is 9.37 Å². The van der Waals surface area contributed by atoms with Gasteiger partial charge in [0.15, 0.2) is 16.7 Å². The predicted molar refractivity (Wildman–Crippen MR) is 93.1 cm³/mol. The molecule has 2 aromatic carbocycles. The van der Waals surface area contributed by atoms with Crippen LogP contribution in [0.5, 0.6) is 11.5 Å². The number of benzene rings is 2. The molecule has 3 aromatic rings. The van der Waals surface area contributed by atoms with Crippen molar-refractivity contribution in [1.29, 1.82) is 0 Å². The largest absolute Gasteiger partial charge is 0.586 e. The molecule has 6 nitrogen and oxygen atoms in total. The summed E-state index contributed by atoms with van der Waals surface area (Å²) in [6.07, 6.45) is -3.71. The monoisotopic (exact) mass is 397 g/mol. The molecule has 10 heteroatoms. The van der Waals surface area contributed by atoms with Gasteiger partial charge < -0.3 is 19.4 Å². The second-order valence-corrected chi connectivity index (χ2v) is 7.55. The molecule has 0 spiro atoms. The van der Waals surface area contributed by atoms with E-state index in [9.17, 15) is 17.4 Å². The average Bonchev–Trinajstić information content (AvgIpc) is 3.11. The highest BCUT2D eigenvalue weighted by molar-refractivity contribution is 7.84. The fraction of sp³-hybridized carbons (Fsp3) is 0.235. The Morgan fingerprint density at radius 2 is 1.89 bits per heavy atom. The number of H-pyrrole nitrogens is 1. The summed E-state index contributed by atoms with van der Waals surface area (Å²) in [7, 11) is 1.97. The van der Waals surface area contributed by atoms with Crippen molar-refractivity contribution in [2.24, 2.45) is 0 Å². The molecule has 0 fully saturated rings. The number of alkyl halides is 2. The molecule has 0 saturated heterocycles. The number of nitrogens with one attached hydrogen (secondary N) is 1. The molecule has 1 aliphatic heterocycles. The van der Waals surface area contributed by atoms with E-state index < -0.39 is 17.1 Å². The zero-order chi connectivity index (χ0) is 19.3. The maximum atomic E-state index is 13.5. The van der Waals surface area contributed by atoms with Gasteiger partial charge in [0.25, 0.3) is 0 Å². The second kappa shape index (κ2) is 6.15. The number of ether oxygens (including phenoxy) is 2. The van der Waals surface area contributed by atoms with Crippen LogP contribution in [-0.2, 0) is 16.6 Å². The van der Waals surface area contributed by atoms with Crippen LogP contribution in [-0.4, -0.2) is 34.6 Å². The highest BCUT2D eigenvalue weighted by Crippen LogP contribution is 2.42. The van der Waals surface area contributed by atoms with Crippen LogP contribution in [0.25, 0.3) is 11.0 Å². The lowest BCUT2D eigenvalue weighted by atomic mass is 10.2. The van der Waals surface area contributed by atoms with Crippen molar-refractivity contribution in [1.82, 2.24) is 9.97 Å². The Kier molecular flexibility index (Phi) is 4.02. The molecule has 1 atom stereocenters. The Hall–Kier alpha value is -2.75. The van der Waals surface area contributed by atoms with Crippen molar-refractivity contribution in [3.63, 3.8) is 0 Å². The molecule has 2 heterocycles. The fourth-order valence-corrected chi connectivity index (χ4v) is 3.91. The highest BCUT2D eigenvalue weighted by atomic mass is 32.2. The maximum Gasteiger partial charge on any atom is 0.586 e. The van der Waals surface area contributed by atoms with E-state index in [1.165, 1.54) is 24.3 Å². The van der Waals surface area contributed by atoms with Crippen molar-refractivity contribution >= 4 is 27.5 Å². The van der Waals surface area contributed by atoms with Gasteiger partial charge >= 0.3 is 6.29 Å². The van der Waals surface area contributed by atoms with E-state index >= 15 is 0 Å².